The third kappa shape index (κ3) is 5.37. The fraction of sp³-hybridized carbons (Fsp3) is 0.524. The number of hydrogen-bond acceptors (Lipinski definition) is 5. The molecular weight excluding hydrogens is 356 g/mol. The lowest BCUT2D eigenvalue weighted by Crippen LogP contribution is -2.45. The Morgan fingerprint density at radius 1 is 1.11 bits per heavy atom. The molecule has 5 nitrogen and oxygen atoms in total. The maximum absolute atomic E-state index is 12.6. The van der Waals surface area contributed by atoms with Gasteiger partial charge in [0.25, 0.3) is 5.91 Å². The summed E-state index contributed by atoms with van der Waals surface area (Å²) in [5, 5.41) is 4.05. The number of nitrogens with one attached hydrogen (secondary N) is 1. The van der Waals surface area contributed by atoms with Crippen LogP contribution >= 0.6 is 11.3 Å². The van der Waals surface area contributed by atoms with Crippen LogP contribution in [0.1, 0.15) is 46.2 Å². The predicted octanol–water partition coefficient (Wildman–Crippen LogP) is 3.79. The molecule has 0 spiro atoms. The molecule has 1 aliphatic heterocycles. The summed E-state index contributed by atoms with van der Waals surface area (Å²) in [4.78, 5) is 22.8. The van der Waals surface area contributed by atoms with Crippen LogP contribution in [0.3, 0.4) is 0 Å². The van der Waals surface area contributed by atoms with E-state index >= 15 is 0 Å². The fourth-order valence-electron chi connectivity index (χ4n) is 3.39. The van der Waals surface area contributed by atoms with Gasteiger partial charge in [-0.25, -0.2) is 4.98 Å². The van der Waals surface area contributed by atoms with Crippen LogP contribution in [-0.4, -0.2) is 53.4 Å². The summed E-state index contributed by atoms with van der Waals surface area (Å²) >= 11 is 1.51. The van der Waals surface area contributed by atoms with Crippen molar-refractivity contribution in [2.75, 3.05) is 38.0 Å². The lowest BCUT2D eigenvalue weighted by atomic mass is 10.1. The van der Waals surface area contributed by atoms with Crippen molar-refractivity contribution in [2.24, 2.45) is 0 Å². The summed E-state index contributed by atoms with van der Waals surface area (Å²) in [6.07, 6.45) is 1.98. The second-order valence-corrected chi connectivity index (χ2v) is 8.22. The Morgan fingerprint density at radius 2 is 1.78 bits per heavy atom. The molecule has 0 atom stereocenters. The molecule has 0 saturated carbocycles. The Balaban J connectivity index is 1.55. The third-order valence-corrected chi connectivity index (χ3v) is 6.26. The zero-order valence-corrected chi connectivity index (χ0v) is 17.4. The number of piperazine rings is 1. The van der Waals surface area contributed by atoms with E-state index in [1.807, 2.05) is 19.1 Å². The molecule has 1 amide bonds. The Labute approximate surface area is 166 Å². The number of rotatable bonds is 7. The van der Waals surface area contributed by atoms with Crippen molar-refractivity contribution in [3.63, 3.8) is 0 Å². The van der Waals surface area contributed by atoms with Crippen LogP contribution < -0.4 is 5.32 Å². The van der Waals surface area contributed by atoms with E-state index in [9.17, 15) is 4.79 Å². The van der Waals surface area contributed by atoms with Gasteiger partial charge in [-0.15, -0.1) is 11.3 Å². The second-order valence-electron chi connectivity index (χ2n) is 7.13. The topological polar surface area (TPSA) is 48.5 Å². The van der Waals surface area contributed by atoms with Crippen molar-refractivity contribution >= 4 is 22.9 Å². The molecule has 1 fully saturated rings. The van der Waals surface area contributed by atoms with Crippen LogP contribution in [0.2, 0.25) is 0 Å². The second kappa shape index (κ2) is 9.44. The first-order valence-electron chi connectivity index (χ1n) is 9.90. The monoisotopic (exact) mass is 386 g/mol. The highest BCUT2D eigenvalue weighted by atomic mass is 32.1. The molecule has 1 saturated heterocycles. The van der Waals surface area contributed by atoms with Crippen LogP contribution in [0.4, 0.5) is 5.69 Å². The first-order chi connectivity index (χ1) is 13.1. The van der Waals surface area contributed by atoms with E-state index in [4.69, 9.17) is 0 Å². The van der Waals surface area contributed by atoms with Crippen LogP contribution in [0.25, 0.3) is 0 Å². The molecule has 0 radical (unpaired) electrons. The first kappa shape index (κ1) is 20.0. The number of nitrogens with zero attached hydrogens (tertiary/aromatic N) is 3. The summed E-state index contributed by atoms with van der Waals surface area (Å²) in [6, 6.07) is 8.23. The standard InChI is InChI=1S/C21H30N4OS/c1-4-6-19-22-16(3)20(27-19)21(26)23-18-9-7-17(8-10-18)15-25-13-11-24(5-2)12-14-25/h7-10H,4-6,11-15H2,1-3H3,(H,23,26). The third-order valence-electron chi connectivity index (χ3n) is 5.04. The molecular formula is C21H30N4OS. The number of likely N-dealkylation sites (N-methyl/N-ethyl adjacent to an activating group) is 1. The van der Waals surface area contributed by atoms with Gasteiger partial charge in [0.05, 0.1) is 10.7 Å². The first-order valence-corrected chi connectivity index (χ1v) is 10.7. The van der Waals surface area contributed by atoms with Gasteiger partial charge in [-0.2, -0.15) is 0 Å². The number of aromatic nitrogens is 1. The van der Waals surface area contributed by atoms with Crippen molar-refractivity contribution in [3.8, 4) is 0 Å². The molecule has 2 aromatic rings. The molecule has 0 unspecified atom stereocenters. The van der Waals surface area contributed by atoms with E-state index in [0.29, 0.717) is 0 Å². The van der Waals surface area contributed by atoms with Crippen molar-refractivity contribution in [3.05, 3.63) is 45.4 Å². The predicted molar refractivity (Wildman–Crippen MR) is 113 cm³/mol. The van der Waals surface area contributed by atoms with E-state index in [-0.39, 0.29) is 5.91 Å². The fourth-order valence-corrected chi connectivity index (χ4v) is 4.45. The summed E-state index contributed by atoms with van der Waals surface area (Å²) in [6.45, 7) is 12.9. The minimum atomic E-state index is -0.0595. The van der Waals surface area contributed by atoms with Crippen molar-refractivity contribution in [1.29, 1.82) is 0 Å². The average Bonchev–Trinajstić information content (AvgIpc) is 3.05. The van der Waals surface area contributed by atoms with Gasteiger partial charge in [0.1, 0.15) is 4.88 Å². The summed E-state index contributed by atoms with van der Waals surface area (Å²) in [7, 11) is 0. The lowest BCUT2D eigenvalue weighted by molar-refractivity contribution is 0.103. The highest BCUT2D eigenvalue weighted by Gasteiger charge is 2.17. The van der Waals surface area contributed by atoms with Gasteiger partial charge in [0, 0.05) is 38.4 Å². The van der Waals surface area contributed by atoms with Crippen LogP contribution in [0.5, 0.6) is 0 Å². The maximum atomic E-state index is 12.6. The number of aryl methyl sites for hydroxylation is 2. The number of carbonyl (C=O) groups excluding carboxylic acids is 1. The number of amides is 1. The Morgan fingerprint density at radius 3 is 2.41 bits per heavy atom. The number of carbonyl (C=O) groups is 1. The molecule has 146 valence electrons. The molecule has 1 aromatic carbocycles. The highest BCUT2D eigenvalue weighted by Crippen LogP contribution is 2.21. The Kier molecular flexibility index (Phi) is 6.99. The van der Waals surface area contributed by atoms with E-state index in [1.165, 1.54) is 16.9 Å². The van der Waals surface area contributed by atoms with Gasteiger partial charge in [0.15, 0.2) is 0 Å². The molecule has 1 N–H and O–H groups in total. The summed E-state index contributed by atoms with van der Waals surface area (Å²) in [5.74, 6) is -0.0595. The average molecular weight is 387 g/mol. The Hall–Kier alpha value is -1.76. The smallest absolute Gasteiger partial charge is 0.267 e. The van der Waals surface area contributed by atoms with E-state index < -0.39 is 0 Å². The number of thiazole rings is 1. The van der Waals surface area contributed by atoms with E-state index in [0.717, 1.165) is 73.4 Å². The molecule has 1 aliphatic rings. The van der Waals surface area contributed by atoms with Gasteiger partial charge < -0.3 is 10.2 Å². The van der Waals surface area contributed by atoms with Gasteiger partial charge in [-0.05, 0) is 44.0 Å². The molecule has 2 heterocycles. The molecule has 27 heavy (non-hydrogen) atoms. The van der Waals surface area contributed by atoms with Gasteiger partial charge in [-0.3, -0.25) is 9.69 Å². The van der Waals surface area contributed by atoms with E-state index in [2.05, 4.69) is 46.1 Å². The largest absolute Gasteiger partial charge is 0.321 e. The summed E-state index contributed by atoms with van der Waals surface area (Å²) in [5.41, 5.74) is 2.95. The highest BCUT2D eigenvalue weighted by molar-refractivity contribution is 7.13. The minimum Gasteiger partial charge on any atom is -0.321 e. The molecule has 0 bridgehead atoms. The van der Waals surface area contributed by atoms with Gasteiger partial charge in [-0.1, -0.05) is 26.0 Å². The van der Waals surface area contributed by atoms with Gasteiger partial charge in [0.2, 0.25) is 0 Å². The number of benzene rings is 1. The van der Waals surface area contributed by atoms with Crippen molar-refractivity contribution in [1.82, 2.24) is 14.8 Å². The van der Waals surface area contributed by atoms with Crippen LogP contribution in [0.15, 0.2) is 24.3 Å². The maximum Gasteiger partial charge on any atom is 0.267 e. The SMILES string of the molecule is CCCc1nc(C)c(C(=O)Nc2ccc(CN3CCN(CC)CC3)cc2)s1. The quantitative estimate of drug-likeness (QED) is 0.786. The lowest BCUT2D eigenvalue weighted by Gasteiger charge is -2.34. The van der Waals surface area contributed by atoms with Gasteiger partial charge >= 0.3 is 0 Å². The van der Waals surface area contributed by atoms with Crippen LogP contribution in [0, 0.1) is 6.92 Å². The molecule has 0 aliphatic carbocycles. The van der Waals surface area contributed by atoms with E-state index in [1.54, 1.807) is 0 Å². The molecule has 6 heteroatoms. The number of hydrogen-bond donors (Lipinski definition) is 1. The Bertz CT molecular complexity index is 748. The minimum absolute atomic E-state index is 0.0595. The molecule has 3 rings (SSSR count). The molecule has 1 aromatic heterocycles. The van der Waals surface area contributed by atoms with Crippen LogP contribution in [-0.2, 0) is 13.0 Å². The zero-order valence-electron chi connectivity index (χ0n) is 16.6. The zero-order chi connectivity index (χ0) is 19.2. The summed E-state index contributed by atoms with van der Waals surface area (Å²) < 4.78 is 0. The number of anilines is 1. The van der Waals surface area contributed by atoms with Crippen molar-refractivity contribution in [2.45, 2.75) is 40.2 Å². The van der Waals surface area contributed by atoms with Crippen molar-refractivity contribution < 1.29 is 4.79 Å². The normalized spacial score (nSPS) is 15.8.